The first-order chi connectivity index (χ1) is 13.8. The molecule has 3 aromatic rings. The molecular formula is C20H20F2N4O2S. The van der Waals surface area contributed by atoms with Gasteiger partial charge in [-0.15, -0.1) is 11.3 Å². The van der Waals surface area contributed by atoms with Crippen molar-refractivity contribution in [2.24, 2.45) is 0 Å². The number of halogens is 2. The maximum absolute atomic E-state index is 13.2. The number of rotatable bonds is 7. The minimum atomic E-state index is -1.06. The highest BCUT2D eigenvalue weighted by Crippen LogP contribution is 2.28. The number of nitrogens with one attached hydrogen (secondary N) is 2. The first-order valence-electron chi connectivity index (χ1n) is 8.91. The van der Waals surface area contributed by atoms with Crippen molar-refractivity contribution in [3.8, 4) is 0 Å². The summed E-state index contributed by atoms with van der Waals surface area (Å²) in [7, 11) is 1.80. The van der Waals surface area contributed by atoms with Gasteiger partial charge in [0, 0.05) is 11.8 Å². The predicted octanol–water partition coefficient (Wildman–Crippen LogP) is 3.32. The maximum atomic E-state index is 13.2. The lowest BCUT2D eigenvalue weighted by atomic mass is 10.3. The molecule has 3 rings (SSSR count). The average Bonchev–Trinajstić information content (AvgIpc) is 3.13. The van der Waals surface area contributed by atoms with Gasteiger partial charge in [-0.25, -0.2) is 13.8 Å². The summed E-state index contributed by atoms with van der Waals surface area (Å²) in [6, 6.07) is 10.8. The first kappa shape index (κ1) is 20.8. The van der Waals surface area contributed by atoms with Crippen molar-refractivity contribution in [3.05, 3.63) is 59.1 Å². The van der Waals surface area contributed by atoms with Crippen LogP contribution in [0.3, 0.4) is 0 Å². The second-order valence-corrected chi connectivity index (χ2v) is 7.63. The van der Waals surface area contributed by atoms with Crippen molar-refractivity contribution in [3.63, 3.8) is 0 Å². The summed E-state index contributed by atoms with van der Waals surface area (Å²) in [5, 5.41) is 5.82. The molecule has 0 aliphatic rings. The van der Waals surface area contributed by atoms with Crippen LogP contribution in [-0.2, 0) is 9.59 Å². The molecule has 0 spiro atoms. The molecule has 29 heavy (non-hydrogen) atoms. The SMILES string of the molecule is C[C@@H](c1nc2ccccc2s1)N(C)CC(=O)NCC(=O)Nc1ccc(F)c(F)c1. The van der Waals surface area contributed by atoms with Gasteiger partial charge in [-0.05, 0) is 38.2 Å². The molecule has 2 amide bonds. The normalized spacial score (nSPS) is 12.2. The van der Waals surface area contributed by atoms with Crippen LogP contribution in [0.1, 0.15) is 18.0 Å². The molecule has 152 valence electrons. The Kier molecular flexibility index (Phi) is 6.50. The Morgan fingerprint density at radius 2 is 1.90 bits per heavy atom. The van der Waals surface area contributed by atoms with E-state index in [4.69, 9.17) is 0 Å². The number of carbonyl (C=O) groups is 2. The van der Waals surface area contributed by atoms with E-state index in [-0.39, 0.29) is 30.7 Å². The summed E-state index contributed by atoms with van der Waals surface area (Å²) in [6.45, 7) is 1.76. The van der Waals surface area contributed by atoms with Crippen LogP contribution in [0.4, 0.5) is 14.5 Å². The van der Waals surface area contributed by atoms with Crippen molar-refractivity contribution in [1.29, 1.82) is 0 Å². The maximum Gasteiger partial charge on any atom is 0.243 e. The van der Waals surface area contributed by atoms with Gasteiger partial charge in [0.2, 0.25) is 11.8 Å². The highest BCUT2D eigenvalue weighted by molar-refractivity contribution is 7.18. The van der Waals surface area contributed by atoms with Crippen LogP contribution in [0.2, 0.25) is 0 Å². The molecule has 0 aliphatic heterocycles. The lowest BCUT2D eigenvalue weighted by molar-refractivity contribution is -0.125. The summed E-state index contributed by atoms with van der Waals surface area (Å²) >= 11 is 1.58. The fourth-order valence-corrected chi connectivity index (χ4v) is 3.72. The average molecular weight is 418 g/mol. The van der Waals surface area contributed by atoms with E-state index >= 15 is 0 Å². The molecule has 0 bridgehead atoms. The van der Waals surface area contributed by atoms with Gasteiger partial charge < -0.3 is 10.6 Å². The van der Waals surface area contributed by atoms with Crippen LogP contribution in [0.15, 0.2) is 42.5 Å². The van der Waals surface area contributed by atoms with Crippen LogP contribution in [0.5, 0.6) is 0 Å². The summed E-state index contributed by atoms with van der Waals surface area (Å²) in [5.41, 5.74) is 1.04. The topological polar surface area (TPSA) is 74.3 Å². The van der Waals surface area contributed by atoms with Crippen molar-refractivity contribution < 1.29 is 18.4 Å². The van der Waals surface area contributed by atoms with Gasteiger partial charge >= 0.3 is 0 Å². The number of aromatic nitrogens is 1. The summed E-state index contributed by atoms with van der Waals surface area (Å²) < 4.78 is 27.2. The molecule has 0 fully saturated rings. The molecule has 1 heterocycles. The number of likely N-dealkylation sites (N-methyl/N-ethyl adjacent to an activating group) is 1. The van der Waals surface area contributed by atoms with Gasteiger partial charge in [0.15, 0.2) is 11.6 Å². The van der Waals surface area contributed by atoms with Gasteiger partial charge in [0.25, 0.3) is 0 Å². The zero-order valence-corrected chi connectivity index (χ0v) is 16.7. The van der Waals surface area contributed by atoms with Gasteiger partial charge in [0.05, 0.1) is 29.3 Å². The van der Waals surface area contributed by atoms with E-state index in [1.165, 1.54) is 6.07 Å². The van der Waals surface area contributed by atoms with Crippen LogP contribution in [0.25, 0.3) is 10.2 Å². The number of amides is 2. The Morgan fingerprint density at radius 3 is 2.62 bits per heavy atom. The number of hydrogen-bond acceptors (Lipinski definition) is 5. The Labute approximate surface area is 170 Å². The third-order valence-electron chi connectivity index (χ3n) is 4.37. The van der Waals surface area contributed by atoms with Gasteiger partial charge in [0.1, 0.15) is 5.01 Å². The molecule has 2 aromatic carbocycles. The van der Waals surface area contributed by atoms with E-state index < -0.39 is 17.5 Å². The lowest BCUT2D eigenvalue weighted by Gasteiger charge is -2.22. The van der Waals surface area contributed by atoms with Gasteiger partial charge in [-0.1, -0.05) is 12.1 Å². The predicted molar refractivity (Wildman–Crippen MR) is 109 cm³/mol. The largest absolute Gasteiger partial charge is 0.346 e. The molecule has 0 aliphatic carbocycles. The fourth-order valence-electron chi connectivity index (χ4n) is 2.63. The zero-order chi connectivity index (χ0) is 21.0. The van der Waals surface area contributed by atoms with E-state index in [0.29, 0.717) is 0 Å². The van der Waals surface area contributed by atoms with E-state index in [2.05, 4.69) is 15.6 Å². The van der Waals surface area contributed by atoms with E-state index in [0.717, 1.165) is 27.4 Å². The van der Waals surface area contributed by atoms with Crippen molar-refractivity contribution in [1.82, 2.24) is 15.2 Å². The molecule has 0 saturated heterocycles. The number of anilines is 1. The number of benzene rings is 2. The smallest absolute Gasteiger partial charge is 0.243 e. The summed E-state index contributed by atoms with van der Waals surface area (Å²) in [5.74, 6) is -2.92. The van der Waals surface area contributed by atoms with E-state index in [1.807, 2.05) is 36.1 Å². The van der Waals surface area contributed by atoms with Crippen molar-refractivity contribution >= 4 is 39.1 Å². The second kappa shape index (κ2) is 9.06. The number of fused-ring (bicyclic) bond motifs is 1. The minimum absolute atomic E-state index is 0.0748. The lowest BCUT2D eigenvalue weighted by Crippen LogP contribution is -2.39. The van der Waals surface area contributed by atoms with E-state index in [1.54, 1.807) is 18.4 Å². The Morgan fingerprint density at radius 1 is 1.14 bits per heavy atom. The summed E-state index contributed by atoms with van der Waals surface area (Å²) in [4.78, 5) is 30.5. The minimum Gasteiger partial charge on any atom is -0.346 e. The number of hydrogen-bond donors (Lipinski definition) is 2. The standard InChI is InChI=1S/C20H20F2N4O2S/c1-12(20-25-16-5-3-4-6-17(16)29-20)26(2)11-19(28)23-10-18(27)24-13-7-8-14(21)15(22)9-13/h3-9,12H,10-11H2,1-2H3,(H,23,28)(H,24,27)/t12-/m0/s1. The first-order valence-corrected chi connectivity index (χ1v) is 9.72. The van der Waals surface area contributed by atoms with E-state index in [9.17, 15) is 18.4 Å². The second-order valence-electron chi connectivity index (χ2n) is 6.56. The molecule has 0 unspecified atom stereocenters. The zero-order valence-electron chi connectivity index (χ0n) is 15.9. The van der Waals surface area contributed by atoms with Crippen LogP contribution in [0, 0.1) is 11.6 Å². The van der Waals surface area contributed by atoms with Crippen LogP contribution >= 0.6 is 11.3 Å². The van der Waals surface area contributed by atoms with Gasteiger partial charge in [-0.2, -0.15) is 0 Å². The number of carbonyl (C=O) groups excluding carboxylic acids is 2. The van der Waals surface area contributed by atoms with Crippen molar-refractivity contribution in [2.75, 3.05) is 25.5 Å². The highest BCUT2D eigenvalue weighted by atomic mass is 32.1. The molecule has 1 atom stereocenters. The third kappa shape index (κ3) is 5.33. The Balaban J connectivity index is 1.49. The summed E-state index contributed by atoms with van der Waals surface area (Å²) in [6.07, 6.45) is 0. The van der Waals surface area contributed by atoms with Crippen LogP contribution in [-0.4, -0.2) is 41.8 Å². The monoisotopic (exact) mass is 418 g/mol. The molecule has 6 nitrogen and oxygen atoms in total. The third-order valence-corrected chi connectivity index (χ3v) is 5.58. The molecule has 0 radical (unpaired) electrons. The molecule has 2 N–H and O–H groups in total. The highest BCUT2D eigenvalue weighted by Gasteiger charge is 2.19. The van der Waals surface area contributed by atoms with Gasteiger partial charge in [-0.3, -0.25) is 14.5 Å². The molecule has 0 saturated carbocycles. The van der Waals surface area contributed by atoms with Crippen LogP contribution < -0.4 is 10.6 Å². The molecule has 1 aromatic heterocycles. The Hall–Kier alpha value is -2.91. The van der Waals surface area contributed by atoms with Crippen molar-refractivity contribution in [2.45, 2.75) is 13.0 Å². The quantitative estimate of drug-likeness (QED) is 0.617. The molecular weight excluding hydrogens is 398 g/mol. The Bertz CT molecular complexity index is 1010. The number of nitrogens with zero attached hydrogens (tertiary/aromatic N) is 2. The fraction of sp³-hybridized carbons (Fsp3) is 0.250. The number of para-hydroxylation sites is 1. The molecule has 9 heteroatoms. The number of thiazole rings is 1.